The second-order valence-corrected chi connectivity index (χ2v) is 4.95. The zero-order valence-electron chi connectivity index (χ0n) is 11.0. The predicted octanol–water partition coefficient (Wildman–Crippen LogP) is 1.83. The summed E-state index contributed by atoms with van der Waals surface area (Å²) in [5.41, 5.74) is 8.69. The molecule has 1 aromatic rings. The van der Waals surface area contributed by atoms with Crippen LogP contribution < -0.4 is 10.6 Å². The molecule has 0 spiro atoms. The number of anilines is 2. The third-order valence-electron chi connectivity index (χ3n) is 3.27. The van der Waals surface area contributed by atoms with Crippen molar-refractivity contribution in [2.45, 2.75) is 19.8 Å². The Hall–Kier alpha value is -1.55. The molecular formula is C14H20N2O2. The van der Waals surface area contributed by atoms with Crippen LogP contribution >= 0.6 is 0 Å². The first kappa shape index (κ1) is 12.9. The SMILES string of the molecule is COCC(C)CC(=O)N1CCc2cc(N)ccc21. The van der Waals surface area contributed by atoms with E-state index < -0.39 is 0 Å². The number of carbonyl (C=O) groups is 1. The molecule has 1 aliphatic heterocycles. The van der Waals surface area contributed by atoms with Crippen LogP contribution in [0.25, 0.3) is 0 Å². The maximum atomic E-state index is 12.2. The number of fused-ring (bicyclic) bond motifs is 1. The third kappa shape index (κ3) is 2.64. The van der Waals surface area contributed by atoms with Crippen molar-refractivity contribution >= 4 is 17.3 Å². The summed E-state index contributed by atoms with van der Waals surface area (Å²) >= 11 is 0. The Kier molecular flexibility index (Phi) is 3.87. The standard InChI is InChI=1S/C14H20N2O2/c1-10(9-18-2)7-14(17)16-6-5-11-8-12(15)3-4-13(11)16/h3-4,8,10H,5-7,9,15H2,1-2H3. The largest absolute Gasteiger partial charge is 0.399 e. The number of methoxy groups -OCH3 is 1. The lowest BCUT2D eigenvalue weighted by Crippen LogP contribution is -2.30. The lowest BCUT2D eigenvalue weighted by molar-refractivity contribution is -0.119. The van der Waals surface area contributed by atoms with Gasteiger partial charge in [0, 0.05) is 38.1 Å². The van der Waals surface area contributed by atoms with Gasteiger partial charge in [-0.05, 0) is 36.1 Å². The number of ether oxygens (including phenoxy) is 1. The normalized spacial score (nSPS) is 15.6. The maximum Gasteiger partial charge on any atom is 0.227 e. The fraction of sp³-hybridized carbons (Fsp3) is 0.500. The molecule has 4 heteroatoms. The molecule has 1 aliphatic rings. The van der Waals surface area contributed by atoms with Crippen molar-refractivity contribution in [1.29, 1.82) is 0 Å². The van der Waals surface area contributed by atoms with E-state index >= 15 is 0 Å². The van der Waals surface area contributed by atoms with Crippen LogP contribution in [0.5, 0.6) is 0 Å². The van der Waals surface area contributed by atoms with Crippen molar-refractivity contribution in [1.82, 2.24) is 0 Å². The number of nitrogens with two attached hydrogens (primary N) is 1. The first-order valence-electron chi connectivity index (χ1n) is 6.29. The predicted molar refractivity (Wildman–Crippen MR) is 72.6 cm³/mol. The molecule has 0 aliphatic carbocycles. The van der Waals surface area contributed by atoms with Crippen LogP contribution in [0, 0.1) is 5.92 Å². The van der Waals surface area contributed by atoms with Gasteiger partial charge in [-0.15, -0.1) is 0 Å². The molecule has 1 aromatic carbocycles. The summed E-state index contributed by atoms with van der Waals surface area (Å²) in [5, 5.41) is 0. The van der Waals surface area contributed by atoms with Crippen molar-refractivity contribution in [3.63, 3.8) is 0 Å². The van der Waals surface area contributed by atoms with Crippen LogP contribution in [-0.4, -0.2) is 26.2 Å². The Morgan fingerprint density at radius 1 is 1.56 bits per heavy atom. The summed E-state index contributed by atoms with van der Waals surface area (Å²) in [7, 11) is 1.66. The van der Waals surface area contributed by atoms with E-state index in [4.69, 9.17) is 10.5 Å². The molecule has 0 fully saturated rings. The van der Waals surface area contributed by atoms with E-state index in [1.54, 1.807) is 7.11 Å². The van der Waals surface area contributed by atoms with E-state index in [1.807, 2.05) is 30.0 Å². The molecule has 4 nitrogen and oxygen atoms in total. The molecule has 98 valence electrons. The molecule has 0 aromatic heterocycles. The molecule has 1 amide bonds. The summed E-state index contributed by atoms with van der Waals surface area (Å²) in [6.45, 7) is 3.41. The minimum absolute atomic E-state index is 0.170. The van der Waals surface area contributed by atoms with Gasteiger partial charge in [-0.3, -0.25) is 4.79 Å². The highest BCUT2D eigenvalue weighted by Gasteiger charge is 2.25. The molecule has 0 saturated heterocycles. The van der Waals surface area contributed by atoms with Crippen LogP contribution in [0.15, 0.2) is 18.2 Å². The van der Waals surface area contributed by atoms with E-state index in [2.05, 4.69) is 0 Å². The molecule has 0 radical (unpaired) electrons. The number of benzene rings is 1. The van der Waals surface area contributed by atoms with Crippen molar-refractivity contribution < 1.29 is 9.53 Å². The molecule has 18 heavy (non-hydrogen) atoms. The van der Waals surface area contributed by atoms with E-state index in [-0.39, 0.29) is 11.8 Å². The maximum absolute atomic E-state index is 12.2. The van der Waals surface area contributed by atoms with E-state index in [1.165, 1.54) is 5.56 Å². The molecule has 2 N–H and O–H groups in total. The van der Waals surface area contributed by atoms with Crippen LogP contribution in [0.1, 0.15) is 18.9 Å². The smallest absolute Gasteiger partial charge is 0.227 e. The van der Waals surface area contributed by atoms with Crippen molar-refractivity contribution in [2.75, 3.05) is 30.9 Å². The van der Waals surface area contributed by atoms with Gasteiger partial charge in [0.1, 0.15) is 0 Å². The van der Waals surface area contributed by atoms with Crippen molar-refractivity contribution in [2.24, 2.45) is 5.92 Å². The molecule has 0 saturated carbocycles. The summed E-state index contributed by atoms with van der Waals surface area (Å²) < 4.78 is 5.07. The molecule has 0 bridgehead atoms. The Morgan fingerprint density at radius 2 is 2.33 bits per heavy atom. The Labute approximate surface area is 108 Å². The van der Waals surface area contributed by atoms with E-state index in [0.717, 1.165) is 24.3 Å². The fourth-order valence-electron chi connectivity index (χ4n) is 2.43. The minimum Gasteiger partial charge on any atom is -0.399 e. The van der Waals surface area contributed by atoms with E-state index in [9.17, 15) is 4.79 Å². The zero-order chi connectivity index (χ0) is 13.1. The van der Waals surface area contributed by atoms with E-state index in [0.29, 0.717) is 13.0 Å². The Balaban J connectivity index is 2.06. The van der Waals surface area contributed by atoms with Gasteiger partial charge < -0.3 is 15.4 Å². The fourth-order valence-corrected chi connectivity index (χ4v) is 2.43. The van der Waals surface area contributed by atoms with Gasteiger partial charge in [0.25, 0.3) is 0 Å². The number of carbonyl (C=O) groups excluding carboxylic acids is 1. The average Bonchev–Trinajstić information content (AvgIpc) is 2.71. The quantitative estimate of drug-likeness (QED) is 0.827. The molecule has 1 heterocycles. The molecule has 1 unspecified atom stereocenters. The van der Waals surface area contributed by atoms with Gasteiger partial charge in [-0.2, -0.15) is 0 Å². The first-order chi connectivity index (χ1) is 8.61. The van der Waals surface area contributed by atoms with Crippen LogP contribution in [0.2, 0.25) is 0 Å². The molecular weight excluding hydrogens is 228 g/mol. The summed E-state index contributed by atoms with van der Waals surface area (Å²) in [6, 6.07) is 5.75. The number of amides is 1. The monoisotopic (exact) mass is 248 g/mol. The Morgan fingerprint density at radius 3 is 3.06 bits per heavy atom. The van der Waals surface area contributed by atoms with Gasteiger partial charge >= 0.3 is 0 Å². The van der Waals surface area contributed by atoms with Crippen LogP contribution in [0.4, 0.5) is 11.4 Å². The second kappa shape index (κ2) is 5.40. The lowest BCUT2D eigenvalue weighted by atomic mass is 10.1. The van der Waals surface area contributed by atoms with Crippen molar-refractivity contribution in [3.8, 4) is 0 Å². The molecule has 2 rings (SSSR count). The highest BCUT2D eigenvalue weighted by atomic mass is 16.5. The average molecular weight is 248 g/mol. The summed E-state index contributed by atoms with van der Waals surface area (Å²) in [4.78, 5) is 14.1. The van der Waals surface area contributed by atoms with Gasteiger partial charge in [-0.25, -0.2) is 0 Å². The first-order valence-corrected chi connectivity index (χ1v) is 6.29. The Bertz CT molecular complexity index is 445. The van der Waals surface area contributed by atoms with Crippen molar-refractivity contribution in [3.05, 3.63) is 23.8 Å². The number of nitrogen functional groups attached to an aromatic ring is 1. The van der Waals surface area contributed by atoms with Gasteiger partial charge in [-0.1, -0.05) is 6.92 Å². The van der Waals surface area contributed by atoms with Crippen LogP contribution in [0.3, 0.4) is 0 Å². The lowest BCUT2D eigenvalue weighted by Gasteiger charge is -2.19. The van der Waals surface area contributed by atoms with Gasteiger partial charge in [0.15, 0.2) is 0 Å². The topological polar surface area (TPSA) is 55.6 Å². The molecule has 1 atom stereocenters. The van der Waals surface area contributed by atoms with Gasteiger partial charge in [0.2, 0.25) is 5.91 Å². The third-order valence-corrected chi connectivity index (χ3v) is 3.27. The minimum atomic E-state index is 0.170. The number of hydrogen-bond donors (Lipinski definition) is 1. The second-order valence-electron chi connectivity index (χ2n) is 4.95. The number of nitrogens with zero attached hydrogens (tertiary/aromatic N) is 1. The highest BCUT2D eigenvalue weighted by Crippen LogP contribution is 2.30. The summed E-state index contributed by atoms with van der Waals surface area (Å²) in [5.74, 6) is 0.420. The summed E-state index contributed by atoms with van der Waals surface area (Å²) in [6.07, 6.45) is 1.42. The highest BCUT2D eigenvalue weighted by molar-refractivity contribution is 5.95. The van der Waals surface area contributed by atoms with Crippen LogP contribution in [-0.2, 0) is 16.0 Å². The number of rotatable bonds is 4. The zero-order valence-corrected chi connectivity index (χ0v) is 11.0. The number of hydrogen-bond acceptors (Lipinski definition) is 3. The van der Waals surface area contributed by atoms with Gasteiger partial charge in [0.05, 0.1) is 0 Å².